The van der Waals surface area contributed by atoms with E-state index in [9.17, 15) is 0 Å². The van der Waals surface area contributed by atoms with Crippen LogP contribution in [-0.4, -0.2) is 60.5 Å². The molecule has 0 amide bonds. The smallest absolute Gasteiger partial charge is 0.0558 e. The van der Waals surface area contributed by atoms with E-state index in [1.807, 2.05) is 0 Å². The summed E-state index contributed by atoms with van der Waals surface area (Å²) in [5, 5.41) is 21.2. The maximum atomic E-state index is 8.93. The molecule has 0 spiro atoms. The van der Waals surface area contributed by atoms with Gasteiger partial charge in [0, 0.05) is 19.1 Å². The molecule has 1 fully saturated rings. The van der Waals surface area contributed by atoms with E-state index in [4.69, 9.17) is 10.2 Å². The lowest BCUT2D eigenvalue weighted by molar-refractivity contribution is 0.115. The fraction of sp³-hybridized carbons (Fsp3) is 1.00. The Bertz CT molecular complexity index is 130. The van der Waals surface area contributed by atoms with Crippen LogP contribution in [0, 0.1) is 0 Å². The van der Waals surface area contributed by atoms with Crippen molar-refractivity contribution >= 4 is 0 Å². The molecular weight excluding hydrogens is 180 g/mol. The fourth-order valence-electron chi connectivity index (χ4n) is 2.10. The number of nitrogens with one attached hydrogen (secondary N) is 1. The molecule has 1 atom stereocenters. The second-order valence-corrected chi connectivity index (χ2v) is 3.82. The fourth-order valence-corrected chi connectivity index (χ4v) is 2.10. The summed E-state index contributed by atoms with van der Waals surface area (Å²) in [7, 11) is 0. The van der Waals surface area contributed by atoms with Crippen LogP contribution in [0.25, 0.3) is 0 Å². The Labute approximate surface area is 85.9 Å². The summed E-state index contributed by atoms with van der Waals surface area (Å²) in [6.07, 6.45) is 3.49. The van der Waals surface area contributed by atoms with Crippen LogP contribution in [0.4, 0.5) is 0 Å². The molecule has 1 heterocycles. The SMILES string of the molecule is OCCN(CCO)[C@@H]1CCCNCC1. The van der Waals surface area contributed by atoms with Crippen LogP contribution in [0.15, 0.2) is 0 Å². The van der Waals surface area contributed by atoms with Crippen molar-refractivity contribution in [2.45, 2.75) is 25.3 Å². The number of nitrogens with zero attached hydrogens (tertiary/aromatic N) is 1. The average molecular weight is 202 g/mol. The van der Waals surface area contributed by atoms with Crippen molar-refractivity contribution in [1.29, 1.82) is 0 Å². The first-order valence-corrected chi connectivity index (χ1v) is 5.55. The molecule has 0 saturated carbocycles. The molecule has 0 unspecified atom stereocenters. The van der Waals surface area contributed by atoms with E-state index < -0.39 is 0 Å². The Kier molecular flexibility index (Phi) is 6.10. The van der Waals surface area contributed by atoms with Crippen LogP contribution in [0.1, 0.15) is 19.3 Å². The number of hydrogen-bond acceptors (Lipinski definition) is 4. The van der Waals surface area contributed by atoms with Crippen molar-refractivity contribution in [1.82, 2.24) is 10.2 Å². The van der Waals surface area contributed by atoms with Gasteiger partial charge in [-0.05, 0) is 32.4 Å². The van der Waals surface area contributed by atoms with Crippen molar-refractivity contribution in [2.24, 2.45) is 0 Å². The maximum Gasteiger partial charge on any atom is 0.0558 e. The lowest BCUT2D eigenvalue weighted by atomic mass is 10.1. The zero-order valence-electron chi connectivity index (χ0n) is 8.78. The molecule has 0 aromatic heterocycles. The van der Waals surface area contributed by atoms with Crippen molar-refractivity contribution in [3.05, 3.63) is 0 Å². The summed E-state index contributed by atoms with van der Waals surface area (Å²) in [6.45, 7) is 3.89. The number of rotatable bonds is 5. The minimum atomic E-state index is 0.184. The summed E-state index contributed by atoms with van der Waals surface area (Å²) >= 11 is 0. The lowest BCUT2D eigenvalue weighted by Crippen LogP contribution is -2.39. The standard InChI is InChI=1S/C10H22N2O2/c13-8-6-12(7-9-14)10-2-1-4-11-5-3-10/h10-11,13-14H,1-9H2/t10-/m1/s1. The van der Waals surface area contributed by atoms with Crippen LogP contribution in [0.5, 0.6) is 0 Å². The van der Waals surface area contributed by atoms with Crippen LogP contribution in [0.2, 0.25) is 0 Å². The molecule has 1 rings (SSSR count). The van der Waals surface area contributed by atoms with Gasteiger partial charge in [-0.2, -0.15) is 0 Å². The zero-order chi connectivity index (χ0) is 10.2. The third kappa shape index (κ3) is 3.92. The summed E-state index contributed by atoms with van der Waals surface area (Å²) in [5.74, 6) is 0. The molecule has 1 saturated heterocycles. The minimum Gasteiger partial charge on any atom is -0.395 e. The highest BCUT2D eigenvalue weighted by atomic mass is 16.3. The van der Waals surface area contributed by atoms with Gasteiger partial charge in [0.15, 0.2) is 0 Å². The van der Waals surface area contributed by atoms with Crippen molar-refractivity contribution in [3.8, 4) is 0 Å². The van der Waals surface area contributed by atoms with Gasteiger partial charge >= 0.3 is 0 Å². The molecule has 84 valence electrons. The predicted molar refractivity (Wildman–Crippen MR) is 56.3 cm³/mol. The highest BCUT2D eigenvalue weighted by molar-refractivity contribution is 4.75. The third-order valence-corrected chi connectivity index (χ3v) is 2.84. The molecule has 0 aromatic carbocycles. The summed E-state index contributed by atoms with van der Waals surface area (Å²) in [4.78, 5) is 2.20. The van der Waals surface area contributed by atoms with Gasteiger partial charge in [-0.15, -0.1) is 0 Å². The normalized spacial score (nSPS) is 23.8. The number of aliphatic hydroxyl groups is 2. The van der Waals surface area contributed by atoms with E-state index >= 15 is 0 Å². The molecule has 3 N–H and O–H groups in total. The zero-order valence-corrected chi connectivity index (χ0v) is 8.78. The van der Waals surface area contributed by atoms with Crippen molar-refractivity contribution < 1.29 is 10.2 Å². The van der Waals surface area contributed by atoms with E-state index in [1.165, 1.54) is 12.8 Å². The molecule has 1 aliphatic rings. The average Bonchev–Trinajstić information content (AvgIpc) is 2.45. The van der Waals surface area contributed by atoms with Crippen molar-refractivity contribution in [2.75, 3.05) is 39.4 Å². The number of aliphatic hydroxyl groups excluding tert-OH is 2. The van der Waals surface area contributed by atoms with Crippen molar-refractivity contribution in [3.63, 3.8) is 0 Å². The number of hydrogen-bond donors (Lipinski definition) is 3. The molecule has 0 aromatic rings. The second-order valence-electron chi connectivity index (χ2n) is 3.82. The van der Waals surface area contributed by atoms with E-state index in [0.717, 1.165) is 19.5 Å². The van der Waals surface area contributed by atoms with E-state index in [2.05, 4.69) is 10.2 Å². The molecule has 4 heteroatoms. The van der Waals surface area contributed by atoms with Gasteiger partial charge < -0.3 is 15.5 Å². The first-order valence-electron chi connectivity index (χ1n) is 5.55. The van der Waals surface area contributed by atoms with Gasteiger partial charge in [0.05, 0.1) is 13.2 Å². The Morgan fingerprint density at radius 1 is 1.07 bits per heavy atom. The third-order valence-electron chi connectivity index (χ3n) is 2.84. The van der Waals surface area contributed by atoms with Gasteiger partial charge in [-0.3, -0.25) is 4.90 Å². The van der Waals surface area contributed by atoms with E-state index in [0.29, 0.717) is 19.1 Å². The Balaban J connectivity index is 2.38. The van der Waals surface area contributed by atoms with Crippen LogP contribution in [0.3, 0.4) is 0 Å². The largest absolute Gasteiger partial charge is 0.395 e. The van der Waals surface area contributed by atoms with Gasteiger partial charge in [0.2, 0.25) is 0 Å². The maximum absolute atomic E-state index is 8.93. The van der Waals surface area contributed by atoms with Crippen LogP contribution < -0.4 is 5.32 Å². The Hall–Kier alpha value is -0.160. The highest BCUT2D eigenvalue weighted by Gasteiger charge is 2.18. The Morgan fingerprint density at radius 2 is 1.79 bits per heavy atom. The van der Waals surface area contributed by atoms with E-state index in [1.54, 1.807) is 0 Å². The summed E-state index contributed by atoms with van der Waals surface area (Å²) in [6, 6.07) is 0.532. The summed E-state index contributed by atoms with van der Waals surface area (Å²) < 4.78 is 0. The first-order chi connectivity index (χ1) is 6.88. The van der Waals surface area contributed by atoms with Gasteiger partial charge in [-0.25, -0.2) is 0 Å². The van der Waals surface area contributed by atoms with Gasteiger partial charge in [0.1, 0.15) is 0 Å². The van der Waals surface area contributed by atoms with Crippen LogP contribution >= 0.6 is 0 Å². The first kappa shape index (κ1) is 11.9. The van der Waals surface area contributed by atoms with Gasteiger partial charge in [0.25, 0.3) is 0 Å². The monoisotopic (exact) mass is 202 g/mol. The Morgan fingerprint density at radius 3 is 2.43 bits per heavy atom. The molecular formula is C10H22N2O2. The van der Waals surface area contributed by atoms with E-state index in [-0.39, 0.29) is 13.2 Å². The minimum absolute atomic E-state index is 0.184. The molecule has 14 heavy (non-hydrogen) atoms. The molecule has 0 aliphatic carbocycles. The molecule has 1 aliphatic heterocycles. The van der Waals surface area contributed by atoms with Gasteiger partial charge in [-0.1, -0.05) is 0 Å². The second kappa shape index (κ2) is 7.17. The topological polar surface area (TPSA) is 55.7 Å². The molecule has 0 bridgehead atoms. The molecule has 4 nitrogen and oxygen atoms in total. The quantitative estimate of drug-likeness (QED) is 0.558. The van der Waals surface area contributed by atoms with Crippen LogP contribution in [-0.2, 0) is 0 Å². The molecule has 0 radical (unpaired) electrons. The summed E-state index contributed by atoms with van der Waals surface area (Å²) in [5.41, 5.74) is 0. The predicted octanol–water partition coefficient (Wildman–Crippen LogP) is -0.585. The highest BCUT2D eigenvalue weighted by Crippen LogP contribution is 2.12. The lowest BCUT2D eigenvalue weighted by Gasteiger charge is -2.29.